The summed E-state index contributed by atoms with van der Waals surface area (Å²) in [6, 6.07) is 0.466. The van der Waals surface area contributed by atoms with E-state index in [-0.39, 0.29) is 0 Å². The topological polar surface area (TPSA) is 37.8 Å². The Labute approximate surface area is 109 Å². The maximum Gasteiger partial charge on any atom is 0.0803 e. The molecule has 0 aliphatic carbocycles. The number of unbranched alkanes of at least 4 members (excludes halogenated alkanes) is 2. The van der Waals surface area contributed by atoms with Crippen LogP contribution in [0.5, 0.6) is 0 Å². The molecule has 1 atom stereocenters. The highest BCUT2D eigenvalue weighted by molar-refractivity contribution is 7.05. The van der Waals surface area contributed by atoms with Crippen LogP contribution in [-0.4, -0.2) is 16.1 Å². The minimum Gasteiger partial charge on any atom is -0.309 e. The minimum absolute atomic E-state index is 0.466. The summed E-state index contributed by atoms with van der Waals surface area (Å²) in [5.74, 6) is 0. The Balaban J connectivity index is 2.63. The van der Waals surface area contributed by atoms with Gasteiger partial charge in [-0.15, -0.1) is 5.10 Å². The standard InChI is InChI=1S/C13H25N3S/c1-4-7-8-10-11(14-6-3)13-12(9-5-2)15-16-17-13/h11,14H,4-10H2,1-3H3. The van der Waals surface area contributed by atoms with E-state index in [1.165, 1.54) is 36.3 Å². The number of aryl methyl sites for hydroxylation is 1. The van der Waals surface area contributed by atoms with E-state index in [9.17, 15) is 0 Å². The average molecular weight is 255 g/mol. The van der Waals surface area contributed by atoms with Crippen molar-refractivity contribution in [3.63, 3.8) is 0 Å². The van der Waals surface area contributed by atoms with Gasteiger partial charge in [0.2, 0.25) is 0 Å². The highest BCUT2D eigenvalue weighted by atomic mass is 32.1. The third-order valence-electron chi connectivity index (χ3n) is 2.94. The van der Waals surface area contributed by atoms with Crippen LogP contribution in [0.25, 0.3) is 0 Å². The zero-order valence-electron chi connectivity index (χ0n) is 11.3. The smallest absolute Gasteiger partial charge is 0.0803 e. The maximum absolute atomic E-state index is 4.27. The molecule has 4 heteroatoms. The first-order valence-electron chi connectivity index (χ1n) is 6.87. The number of hydrogen-bond donors (Lipinski definition) is 1. The first kappa shape index (κ1) is 14.6. The second-order valence-electron chi connectivity index (χ2n) is 4.44. The Kier molecular flexibility index (Phi) is 7.37. The summed E-state index contributed by atoms with van der Waals surface area (Å²) < 4.78 is 4.12. The van der Waals surface area contributed by atoms with E-state index >= 15 is 0 Å². The van der Waals surface area contributed by atoms with Crippen molar-refractivity contribution in [1.82, 2.24) is 14.9 Å². The van der Waals surface area contributed by atoms with Gasteiger partial charge < -0.3 is 5.32 Å². The molecule has 0 aromatic carbocycles. The van der Waals surface area contributed by atoms with Gasteiger partial charge in [0.15, 0.2) is 0 Å². The predicted molar refractivity (Wildman–Crippen MR) is 74.5 cm³/mol. The van der Waals surface area contributed by atoms with Gasteiger partial charge in [-0.25, -0.2) is 0 Å². The Morgan fingerprint density at radius 3 is 2.65 bits per heavy atom. The molecule has 1 rings (SSSR count). The van der Waals surface area contributed by atoms with E-state index in [0.717, 1.165) is 19.4 Å². The van der Waals surface area contributed by atoms with Crippen molar-refractivity contribution in [2.24, 2.45) is 0 Å². The lowest BCUT2D eigenvalue weighted by atomic mass is 10.0. The molecule has 1 aromatic rings. The van der Waals surface area contributed by atoms with Gasteiger partial charge in [0.05, 0.1) is 10.6 Å². The fourth-order valence-corrected chi connectivity index (χ4v) is 2.87. The van der Waals surface area contributed by atoms with Crippen molar-refractivity contribution in [3.8, 4) is 0 Å². The van der Waals surface area contributed by atoms with Gasteiger partial charge in [-0.3, -0.25) is 0 Å². The van der Waals surface area contributed by atoms with Crippen LogP contribution in [0.3, 0.4) is 0 Å². The number of nitrogens with zero attached hydrogens (tertiary/aromatic N) is 2. The van der Waals surface area contributed by atoms with Crippen LogP contribution in [-0.2, 0) is 6.42 Å². The molecule has 17 heavy (non-hydrogen) atoms. The Morgan fingerprint density at radius 2 is 2.00 bits per heavy atom. The van der Waals surface area contributed by atoms with Crippen molar-refractivity contribution in [1.29, 1.82) is 0 Å². The van der Waals surface area contributed by atoms with Crippen LogP contribution in [0.2, 0.25) is 0 Å². The largest absolute Gasteiger partial charge is 0.309 e. The molecule has 0 saturated carbocycles. The fourth-order valence-electron chi connectivity index (χ4n) is 2.06. The van der Waals surface area contributed by atoms with Crippen LogP contribution in [0.4, 0.5) is 0 Å². The SMILES string of the molecule is CCCCCC(NCC)c1snnc1CCC. The fraction of sp³-hybridized carbons (Fsp3) is 0.846. The summed E-state index contributed by atoms with van der Waals surface area (Å²) in [7, 11) is 0. The Bertz CT molecular complexity index is 299. The van der Waals surface area contributed by atoms with Crippen LogP contribution >= 0.6 is 11.5 Å². The van der Waals surface area contributed by atoms with E-state index in [1.54, 1.807) is 11.5 Å². The van der Waals surface area contributed by atoms with Crippen molar-refractivity contribution < 1.29 is 0 Å². The Hall–Kier alpha value is -0.480. The van der Waals surface area contributed by atoms with E-state index in [2.05, 4.69) is 35.7 Å². The molecule has 1 N–H and O–H groups in total. The van der Waals surface area contributed by atoms with E-state index < -0.39 is 0 Å². The van der Waals surface area contributed by atoms with E-state index in [0.29, 0.717) is 6.04 Å². The predicted octanol–water partition coefficient (Wildman–Crippen LogP) is 3.72. The molecule has 0 fully saturated rings. The van der Waals surface area contributed by atoms with Crippen molar-refractivity contribution in [2.45, 2.75) is 65.3 Å². The number of nitrogens with one attached hydrogen (secondary N) is 1. The molecular formula is C13H25N3S. The normalized spacial score (nSPS) is 12.9. The van der Waals surface area contributed by atoms with Crippen LogP contribution in [0.15, 0.2) is 0 Å². The van der Waals surface area contributed by atoms with Gasteiger partial charge in [-0.1, -0.05) is 50.9 Å². The molecule has 0 amide bonds. The second-order valence-corrected chi connectivity index (χ2v) is 5.23. The average Bonchev–Trinajstić information content (AvgIpc) is 2.77. The van der Waals surface area contributed by atoms with Gasteiger partial charge in [0.25, 0.3) is 0 Å². The number of rotatable bonds is 9. The van der Waals surface area contributed by atoms with Crippen LogP contribution < -0.4 is 5.32 Å². The molecule has 0 spiro atoms. The maximum atomic E-state index is 4.27. The third kappa shape index (κ3) is 4.72. The van der Waals surface area contributed by atoms with Crippen molar-refractivity contribution >= 4 is 11.5 Å². The summed E-state index contributed by atoms with van der Waals surface area (Å²) in [5.41, 5.74) is 1.21. The molecule has 1 heterocycles. The lowest BCUT2D eigenvalue weighted by molar-refractivity contribution is 0.489. The van der Waals surface area contributed by atoms with Gasteiger partial charge in [-0.05, 0) is 30.9 Å². The summed E-state index contributed by atoms with van der Waals surface area (Å²) >= 11 is 1.57. The summed E-state index contributed by atoms with van der Waals surface area (Å²) in [5, 5.41) is 7.84. The highest BCUT2D eigenvalue weighted by Gasteiger charge is 2.17. The van der Waals surface area contributed by atoms with Gasteiger partial charge in [0.1, 0.15) is 0 Å². The molecule has 1 aromatic heterocycles. The highest BCUT2D eigenvalue weighted by Crippen LogP contribution is 2.26. The molecule has 0 aliphatic rings. The van der Waals surface area contributed by atoms with E-state index in [4.69, 9.17) is 0 Å². The van der Waals surface area contributed by atoms with Crippen LogP contribution in [0.1, 0.15) is 69.5 Å². The van der Waals surface area contributed by atoms with Crippen molar-refractivity contribution in [2.75, 3.05) is 6.54 Å². The molecular weight excluding hydrogens is 230 g/mol. The Morgan fingerprint density at radius 1 is 1.18 bits per heavy atom. The van der Waals surface area contributed by atoms with Crippen LogP contribution in [0, 0.1) is 0 Å². The first-order valence-corrected chi connectivity index (χ1v) is 7.65. The molecule has 1 unspecified atom stereocenters. The molecule has 3 nitrogen and oxygen atoms in total. The minimum atomic E-state index is 0.466. The zero-order chi connectivity index (χ0) is 12.5. The number of hydrogen-bond acceptors (Lipinski definition) is 4. The van der Waals surface area contributed by atoms with Crippen molar-refractivity contribution in [3.05, 3.63) is 10.6 Å². The van der Waals surface area contributed by atoms with Gasteiger partial charge >= 0.3 is 0 Å². The lowest BCUT2D eigenvalue weighted by Gasteiger charge is -2.16. The molecule has 0 bridgehead atoms. The summed E-state index contributed by atoms with van der Waals surface area (Å²) in [6.45, 7) is 7.63. The number of aromatic nitrogens is 2. The zero-order valence-corrected chi connectivity index (χ0v) is 12.1. The van der Waals surface area contributed by atoms with Gasteiger partial charge in [0, 0.05) is 6.04 Å². The summed E-state index contributed by atoms with van der Waals surface area (Å²) in [4.78, 5) is 1.37. The monoisotopic (exact) mass is 255 g/mol. The van der Waals surface area contributed by atoms with Gasteiger partial charge in [-0.2, -0.15) is 0 Å². The second kappa shape index (κ2) is 8.59. The van der Waals surface area contributed by atoms with E-state index in [1.807, 2.05) is 0 Å². The molecule has 0 aliphatic heterocycles. The summed E-state index contributed by atoms with van der Waals surface area (Å²) in [6.07, 6.45) is 7.30. The third-order valence-corrected chi connectivity index (χ3v) is 3.82. The lowest BCUT2D eigenvalue weighted by Crippen LogP contribution is -2.21. The molecule has 0 saturated heterocycles. The quantitative estimate of drug-likeness (QED) is 0.683. The first-order chi connectivity index (χ1) is 8.33. The molecule has 0 radical (unpaired) electrons. The molecule has 98 valence electrons.